The van der Waals surface area contributed by atoms with Crippen LogP contribution in [0.3, 0.4) is 0 Å². The molecule has 0 aliphatic heterocycles. The normalized spacial score (nSPS) is 15.1. The zero-order chi connectivity index (χ0) is 21.2. The molecule has 1 fully saturated rings. The Balaban J connectivity index is 1.37. The molecular weight excluding hydrogens is 382 g/mol. The number of ether oxygens (including phenoxy) is 3. The van der Waals surface area contributed by atoms with E-state index in [1.807, 2.05) is 30.3 Å². The highest BCUT2D eigenvalue weighted by Crippen LogP contribution is 2.19. The average Bonchev–Trinajstić information content (AvgIpc) is 2.78. The van der Waals surface area contributed by atoms with Crippen molar-refractivity contribution < 1.29 is 23.8 Å². The van der Waals surface area contributed by atoms with E-state index >= 15 is 0 Å². The fourth-order valence-electron chi connectivity index (χ4n) is 3.37. The van der Waals surface area contributed by atoms with E-state index in [9.17, 15) is 9.59 Å². The van der Waals surface area contributed by atoms with E-state index in [0.29, 0.717) is 18.1 Å². The maximum Gasteiger partial charge on any atom is 0.344 e. The molecule has 1 saturated carbocycles. The fraction of sp³-hybridized carbons (Fsp3) is 0.417. The molecule has 30 heavy (non-hydrogen) atoms. The van der Waals surface area contributed by atoms with E-state index in [-0.39, 0.29) is 18.6 Å². The molecule has 0 heterocycles. The molecule has 1 aliphatic rings. The van der Waals surface area contributed by atoms with Crippen molar-refractivity contribution in [2.45, 2.75) is 57.8 Å². The maximum absolute atomic E-state index is 12.2. The molecule has 3 rings (SSSR count). The van der Waals surface area contributed by atoms with Gasteiger partial charge in [-0.1, -0.05) is 49.6 Å². The monoisotopic (exact) mass is 411 g/mol. The van der Waals surface area contributed by atoms with Gasteiger partial charge in [0.1, 0.15) is 18.1 Å². The number of rotatable bonds is 9. The van der Waals surface area contributed by atoms with Gasteiger partial charge in [-0.25, -0.2) is 4.79 Å². The van der Waals surface area contributed by atoms with Gasteiger partial charge in [-0.05, 0) is 49.6 Å². The van der Waals surface area contributed by atoms with E-state index in [1.165, 1.54) is 6.42 Å². The lowest BCUT2D eigenvalue weighted by Gasteiger charge is -2.24. The quantitative estimate of drug-likeness (QED) is 0.631. The summed E-state index contributed by atoms with van der Waals surface area (Å²) in [6.45, 7) is 1.80. The first kappa shape index (κ1) is 21.7. The van der Waals surface area contributed by atoms with Crippen molar-refractivity contribution in [1.29, 1.82) is 0 Å². The molecule has 0 unspecified atom stereocenters. The van der Waals surface area contributed by atoms with Gasteiger partial charge in [-0.15, -0.1) is 0 Å². The van der Waals surface area contributed by atoms with Crippen molar-refractivity contribution in [3.63, 3.8) is 0 Å². The van der Waals surface area contributed by atoms with Crippen LogP contribution in [0.25, 0.3) is 0 Å². The van der Waals surface area contributed by atoms with Crippen molar-refractivity contribution >= 4 is 11.9 Å². The molecule has 160 valence electrons. The molecule has 0 bridgehead atoms. The number of benzene rings is 2. The summed E-state index contributed by atoms with van der Waals surface area (Å²) in [5, 5.41) is 2.96. The number of hydrogen-bond acceptors (Lipinski definition) is 5. The van der Waals surface area contributed by atoms with Gasteiger partial charge in [0.15, 0.2) is 12.7 Å². The van der Waals surface area contributed by atoms with Crippen molar-refractivity contribution in [2.75, 3.05) is 6.61 Å². The number of carbonyl (C=O) groups is 2. The topological polar surface area (TPSA) is 73.9 Å². The fourth-order valence-corrected chi connectivity index (χ4v) is 3.37. The number of nitrogens with one attached hydrogen (secondary N) is 1. The molecule has 6 nitrogen and oxygen atoms in total. The molecule has 1 aliphatic carbocycles. The summed E-state index contributed by atoms with van der Waals surface area (Å²) in [5.74, 6) is 0.404. The molecule has 0 aromatic heterocycles. The van der Waals surface area contributed by atoms with Crippen LogP contribution in [0.4, 0.5) is 0 Å². The highest BCUT2D eigenvalue weighted by atomic mass is 16.6. The van der Waals surface area contributed by atoms with E-state index in [2.05, 4.69) is 5.32 Å². The van der Waals surface area contributed by atoms with Gasteiger partial charge >= 0.3 is 5.97 Å². The standard InChI is InChI=1S/C24H29NO5/c1-18(24(27)25-20-10-6-3-7-11-20)30-23(26)17-29-22-14-12-21(13-15-22)28-16-19-8-4-2-5-9-19/h2,4-5,8-9,12-15,18,20H,3,6-7,10-11,16-17H2,1H3,(H,25,27)/t18-/m1/s1. The highest BCUT2D eigenvalue weighted by molar-refractivity contribution is 5.83. The Morgan fingerprint density at radius 1 is 0.933 bits per heavy atom. The van der Waals surface area contributed by atoms with Crippen LogP contribution in [0.5, 0.6) is 11.5 Å². The zero-order valence-electron chi connectivity index (χ0n) is 17.3. The van der Waals surface area contributed by atoms with Gasteiger partial charge in [0.25, 0.3) is 5.91 Å². The van der Waals surface area contributed by atoms with Crippen LogP contribution in [0, 0.1) is 0 Å². The largest absolute Gasteiger partial charge is 0.489 e. The molecule has 0 spiro atoms. The first-order chi connectivity index (χ1) is 14.6. The number of hydrogen-bond donors (Lipinski definition) is 1. The Bertz CT molecular complexity index is 800. The number of amides is 1. The summed E-state index contributed by atoms with van der Waals surface area (Å²) in [4.78, 5) is 24.2. The second kappa shape index (κ2) is 11.2. The van der Waals surface area contributed by atoms with Gasteiger partial charge in [-0.2, -0.15) is 0 Å². The number of esters is 1. The molecule has 2 aromatic carbocycles. The maximum atomic E-state index is 12.2. The van der Waals surface area contributed by atoms with E-state index < -0.39 is 12.1 Å². The molecule has 0 radical (unpaired) electrons. The average molecular weight is 411 g/mol. The zero-order valence-corrected chi connectivity index (χ0v) is 17.3. The molecule has 1 amide bonds. The Labute approximate surface area is 177 Å². The van der Waals surface area contributed by atoms with Gasteiger partial charge in [-0.3, -0.25) is 4.79 Å². The second-order valence-corrected chi connectivity index (χ2v) is 7.51. The van der Waals surface area contributed by atoms with Gasteiger partial charge in [0.05, 0.1) is 0 Å². The summed E-state index contributed by atoms with van der Waals surface area (Å²) < 4.78 is 16.4. The third kappa shape index (κ3) is 7.10. The third-order valence-corrected chi connectivity index (χ3v) is 5.06. The van der Waals surface area contributed by atoms with Gasteiger partial charge in [0.2, 0.25) is 0 Å². The first-order valence-corrected chi connectivity index (χ1v) is 10.5. The Morgan fingerprint density at radius 2 is 1.57 bits per heavy atom. The van der Waals surface area contributed by atoms with Crippen LogP contribution in [0.15, 0.2) is 54.6 Å². The third-order valence-electron chi connectivity index (χ3n) is 5.06. The molecule has 6 heteroatoms. The predicted molar refractivity (Wildman–Crippen MR) is 113 cm³/mol. The Hall–Kier alpha value is -3.02. The first-order valence-electron chi connectivity index (χ1n) is 10.5. The summed E-state index contributed by atoms with van der Waals surface area (Å²) in [5.41, 5.74) is 1.09. The predicted octanol–water partition coefficient (Wildman–Crippen LogP) is 4.03. The lowest BCUT2D eigenvalue weighted by atomic mass is 9.95. The molecule has 0 saturated heterocycles. The second-order valence-electron chi connectivity index (χ2n) is 7.51. The van der Waals surface area contributed by atoms with Crippen LogP contribution >= 0.6 is 0 Å². The minimum atomic E-state index is -0.836. The minimum Gasteiger partial charge on any atom is -0.489 e. The smallest absolute Gasteiger partial charge is 0.344 e. The Kier molecular flexibility index (Phi) is 8.12. The summed E-state index contributed by atoms with van der Waals surface area (Å²) in [6, 6.07) is 17.1. The molecular formula is C24H29NO5. The Morgan fingerprint density at radius 3 is 2.23 bits per heavy atom. The lowest BCUT2D eigenvalue weighted by molar-refractivity contribution is -0.156. The molecule has 1 N–H and O–H groups in total. The minimum absolute atomic E-state index is 0.186. The van der Waals surface area contributed by atoms with Crippen LogP contribution in [-0.4, -0.2) is 30.6 Å². The summed E-state index contributed by atoms with van der Waals surface area (Å²) >= 11 is 0. The SMILES string of the molecule is C[C@@H](OC(=O)COc1ccc(OCc2ccccc2)cc1)C(=O)NC1CCCCC1. The van der Waals surface area contributed by atoms with Gasteiger partial charge < -0.3 is 19.5 Å². The van der Waals surface area contributed by atoms with Crippen LogP contribution in [0.1, 0.15) is 44.6 Å². The van der Waals surface area contributed by atoms with Crippen molar-refractivity contribution in [3.8, 4) is 11.5 Å². The van der Waals surface area contributed by atoms with Crippen molar-refractivity contribution in [1.82, 2.24) is 5.32 Å². The highest BCUT2D eigenvalue weighted by Gasteiger charge is 2.22. The van der Waals surface area contributed by atoms with E-state index in [4.69, 9.17) is 14.2 Å². The van der Waals surface area contributed by atoms with Crippen molar-refractivity contribution in [2.24, 2.45) is 0 Å². The summed E-state index contributed by atoms with van der Waals surface area (Å²) in [7, 11) is 0. The van der Waals surface area contributed by atoms with Crippen molar-refractivity contribution in [3.05, 3.63) is 60.2 Å². The lowest BCUT2D eigenvalue weighted by Crippen LogP contribution is -2.43. The summed E-state index contributed by atoms with van der Waals surface area (Å²) in [6.07, 6.45) is 4.61. The van der Waals surface area contributed by atoms with Crippen LogP contribution < -0.4 is 14.8 Å². The van der Waals surface area contributed by atoms with Crippen LogP contribution in [0.2, 0.25) is 0 Å². The van der Waals surface area contributed by atoms with Crippen LogP contribution in [-0.2, 0) is 20.9 Å². The number of carbonyl (C=O) groups excluding carboxylic acids is 2. The van der Waals surface area contributed by atoms with Gasteiger partial charge in [0, 0.05) is 6.04 Å². The van der Waals surface area contributed by atoms with E-state index in [0.717, 1.165) is 31.2 Å². The molecule has 2 aromatic rings. The molecule has 1 atom stereocenters. The van der Waals surface area contributed by atoms with E-state index in [1.54, 1.807) is 31.2 Å².